The maximum atomic E-state index is 11.8. The Kier molecular flexibility index (Phi) is 3.44. The highest BCUT2D eigenvalue weighted by Crippen LogP contribution is 2.22. The zero-order valence-corrected chi connectivity index (χ0v) is 11.8. The molecule has 2 N–H and O–H groups in total. The van der Waals surface area contributed by atoms with Crippen LogP contribution in [-0.2, 0) is 11.3 Å². The summed E-state index contributed by atoms with van der Waals surface area (Å²) < 4.78 is 21.9. The van der Waals surface area contributed by atoms with E-state index in [2.05, 4.69) is 5.10 Å². The van der Waals surface area contributed by atoms with Crippen LogP contribution in [-0.4, -0.2) is 32.6 Å². The number of aromatic amines is 1. The Bertz CT molecular complexity index is 688. The molecular formula is C12H16N3O3S+. The predicted octanol–water partition coefficient (Wildman–Crippen LogP) is 1.18. The molecule has 19 heavy (non-hydrogen) atoms. The number of aromatic nitrogens is 2. The van der Waals surface area contributed by atoms with Crippen molar-refractivity contribution in [2.45, 2.75) is 6.92 Å². The Morgan fingerprint density at radius 1 is 1.32 bits per heavy atom. The molecular weight excluding hydrogens is 266 g/mol. The number of aryl methyl sites for hydroxylation is 1. The van der Waals surface area contributed by atoms with Gasteiger partial charge in [0, 0.05) is 23.9 Å². The van der Waals surface area contributed by atoms with E-state index in [4.69, 9.17) is 0 Å². The number of benzene rings is 1. The summed E-state index contributed by atoms with van der Waals surface area (Å²) >= 11 is -2.05. The van der Waals surface area contributed by atoms with Crippen LogP contribution in [0.2, 0.25) is 0 Å². The molecule has 0 saturated carbocycles. The van der Waals surface area contributed by atoms with E-state index < -0.39 is 11.3 Å². The van der Waals surface area contributed by atoms with E-state index in [1.807, 2.05) is 0 Å². The van der Waals surface area contributed by atoms with Gasteiger partial charge in [-0.1, -0.05) is 6.07 Å². The molecule has 0 bridgehead atoms. The number of hydrogen-bond acceptors (Lipinski definition) is 2. The van der Waals surface area contributed by atoms with Crippen LogP contribution in [0.3, 0.4) is 0 Å². The highest BCUT2D eigenvalue weighted by molar-refractivity contribution is 7.78. The summed E-state index contributed by atoms with van der Waals surface area (Å²) in [7, 11) is 3.25. The molecule has 7 heteroatoms. The first kappa shape index (κ1) is 13.7. The lowest BCUT2D eigenvalue weighted by molar-refractivity contribution is 0.484. The second kappa shape index (κ2) is 4.76. The van der Waals surface area contributed by atoms with Crippen LogP contribution in [0.5, 0.6) is 0 Å². The normalized spacial score (nSPS) is 13.5. The standard InChI is InChI=1S/C12H15N3O3S/c1-9-7-12(16)14(13-9)10-5-4-6-11(8-10)15(2,3)19(17)18/h4-8H,1-3H3,(H-,13,16,17,18)/p+1. The molecule has 1 unspecified atom stereocenters. The third-order valence-corrected chi connectivity index (χ3v) is 3.94. The highest BCUT2D eigenvalue weighted by atomic mass is 32.2. The second-order valence-electron chi connectivity index (χ2n) is 4.71. The second-order valence-corrected chi connectivity index (χ2v) is 6.09. The summed E-state index contributed by atoms with van der Waals surface area (Å²) in [4.78, 5) is 11.8. The molecule has 6 nitrogen and oxygen atoms in total. The maximum absolute atomic E-state index is 11.8. The monoisotopic (exact) mass is 282 g/mol. The third kappa shape index (κ3) is 2.53. The fraction of sp³-hybridized carbons (Fsp3) is 0.250. The van der Waals surface area contributed by atoms with Gasteiger partial charge < -0.3 is 0 Å². The number of rotatable bonds is 3. The van der Waals surface area contributed by atoms with Crippen molar-refractivity contribution in [3.8, 4) is 5.69 Å². The minimum Gasteiger partial charge on any atom is -0.295 e. The molecule has 0 radical (unpaired) electrons. The van der Waals surface area contributed by atoms with Gasteiger partial charge in [0.2, 0.25) is 0 Å². The first-order valence-corrected chi connectivity index (χ1v) is 6.74. The topological polar surface area (TPSA) is 75.1 Å². The van der Waals surface area contributed by atoms with E-state index in [0.717, 1.165) is 5.69 Å². The SMILES string of the molecule is Cc1cc(=O)n(-c2cccc([N+](C)(C)S(=O)O)c2)[nH]1. The number of hydrogen-bond donors (Lipinski definition) is 2. The van der Waals surface area contributed by atoms with Crippen molar-refractivity contribution in [3.05, 3.63) is 46.4 Å². The fourth-order valence-electron chi connectivity index (χ4n) is 1.76. The lowest BCUT2D eigenvalue weighted by Gasteiger charge is -2.23. The van der Waals surface area contributed by atoms with Crippen LogP contribution < -0.4 is 9.45 Å². The molecule has 0 amide bonds. The van der Waals surface area contributed by atoms with Crippen LogP contribution in [0.15, 0.2) is 35.1 Å². The number of quaternary nitrogens is 1. The van der Waals surface area contributed by atoms with Gasteiger partial charge in [-0.2, -0.15) is 8.10 Å². The zero-order chi connectivity index (χ0) is 14.2. The molecule has 1 heterocycles. The summed E-state index contributed by atoms with van der Waals surface area (Å²) in [6.07, 6.45) is 0. The number of H-pyrrole nitrogens is 1. The van der Waals surface area contributed by atoms with E-state index in [9.17, 15) is 13.6 Å². The van der Waals surface area contributed by atoms with Crippen molar-refractivity contribution < 1.29 is 8.76 Å². The molecule has 0 fully saturated rings. The lowest BCUT2D eigenvalue weighted by atomic mass is 10.2. The highest BCUT2D eigenvalue weighted by Gasteiger charge is 2.27. The Hall–Kier alpha value is -1.70. The summed E-state index contributed by atoms with van der Waals surface area (Å²) in [6.45, 7) is 1.80. The largest absolute Gasteiger partial charge is 0.363 e. The summed E-state index contributed by atoms with van der Waals surface area (Å²) in [5, 5.41) is 2.93. The molecule has 1 aromatic heterocycles. The van der Waals surface area contributed by atoms with Crippen LogP contribution >= 0.6 is 0 Å². The van der Waals surface area contributed by atoms with Gasteiger partial charge in [-0.25, -0.2) is 4.68 Å². The Balaban J connectivity index is 2.55. The van der Waals surface area contributed by atoms with Gasteiger partial charge in [0.1, 0.15) is 5.69 Å². The van der Waals surface area contributed by atoms with Crippen LogP contribution in [0.25, 0.3) is 5.69 Å². The van der Waals surface area contributed by atoms with Crippen LogP contribution in [0, 0.1) is 6.92 Å². The average Bonchev–Trinajstić information content (AvgIpc) is 2.68. The maximum Gasteiger partial charge on any atom is 0.363 e. The van der Waals surface area contributed by atoms with Gasteiger partial charge in [-0.15, -0.1) is 0 Å². The van der Waals surface area contributed by atoms with Crippen molar-refractivity contribution in [2.24, 2.45) is 0 Å². The van der Waals surface area contributed by atoms with Crippen molar-refractivity contribution in [1.29, 1.82) is 0 Å². The molecule has 0 spiro atoms. The van der Waals surface area contributed by atoms with E-state index in [-0.39, 0.29) is 9.45 Å². The minimum atomic E-state index is -2.05. The first-order valence-electron chi connectivity index (χ1n) is 5.67. The smallest absolute Gasteiger partial charge is 0.295 e. The van der Waals surface area contributed by atoms with Crippen molar-refractivity contribution >= 4 is 17.0 Å². The Morgan fingerprint density at radius 2 is 2.00 bits per heavy atom. The minimum absolute atomic E-state index is 0.162. The lowest BCUT2D eigenvalue weighted by Crippen LogP contribution is -2.41. The van der Waals surface area contributed by atoms with Crippen LogP contribution in [0.4, 0.5) is 5.69 Å². The first-order chi connectivity index (χ1) is 8.82. The number of nitrogens with one attached hydrogen (secondary N) is 1. The van der Waals surface area contributed by atoms with Crippen molar-refractivity contribution in [3.63, 3.8) is 0 Å². The van der Waals surface area contributed by atoms with Gasteiger partial charge >= 0.3 is 11.3 Å². The number of nitrogens with zero attached hydrogens (tertiary/aromatic N) is 2. The fourth-order valence-corrected chi connectivity index (χ4v) is 2.06. The van der Waals surface area contributed by atoms with E-state index in [1.54, 1.807) is 45.3 Å². The van der Waals surface area contributed by atoms with Crippen LogP contribution in [0.1, 0.15) is 5.69 Å². The molecule has 2 rings (SSSR count). The van der Waals surface area contributed by atoms with Gasteiger partial charge in [-0.3, -0.25) is 14.4 Å². The van der Waals surface area contributed by atoms with Gasteiger partial charge in [0.15, 0.2) is 0 Å². The van der Waals surface area contributed by atoms with Gasteiger partial charge in [0.05, 0.1) is 19.8 Å². The van der Waals surface area contributed by atoms with Gasteiger partial charge in [-0.05, 0) is 13.0 Å². The molecule has 0 aliphatic rings. The summed E-state index contributed by atoms with van der Waals surface area (Å²) in [5.41, 5.74) is 1.87. The molecule has 2 aromatic rings. The van der Waals surface area contributed by atoms with E-state index in [1.165, 1.54) is 10.7 Å². The molecule has 0 aliphatic heterocycles. The molecule has 0 saturated heterocycles. The predicted molar refractivity (Wildman–Crippen MR) is 75.5 cm³/mol. The molecule has 0 aliphatic carbocycles. The average molecular weight is 282 g/mol. The Morgan fingerprint density at radius 3 is 2.53 bits per heavy atom. The summed E-state index contributed by atoms with van der Waals surface area (Å²) in [6, 6.07) is 8.47. The van der Waals surface area contributed by atoms with E-state index in [0.29, 0.717) is 11.4 Å². The molecule has 1 aromatic carbocycles. The van der Waals surface area contributed by atoms with Gasteiger partial charge in [0.25, 0.3) is 5.56 Å². The van der Waals surface area contributed by atoms with Crippen molar-refractivity contribution in [2.75, 3.05) is 14.1 Å². The Labute approximate surface area is 113 Å². The van der Waals surface area contributed by atoms with E-state index >= 15 is 0 Å². The molecule has 102 valence electrons. The molecule has 1 atom stereocenters. The summed E-state index contributed by atoms with van der Waals surface area (Å²) in [5.74, 6) is 0. The quantitative estimate of drug-likeness (QED) is 0.655. The third-order valence-electron chi connectivity index (χ3n) is 2.95. The van der Waals surface area contributed by atoms with Crippen molar-refractivity contribution in [1.82, 2.24) is 13.7 Å². The zero-order valence-electron chi connectivity index (χ0n) is 11.0.